The Morgan fingerprint density at radius 2 is 1.30 bits per heavy atom. The molecule has 0 saturated carbocycles. The van der Waals surface area contributed by atoms with Gasteiger partial charge in [-0.25, -0.2) is 0 Å². The van der Waals surface area contributed by atoms with Crippen LogP contribution in [0.5, 0.6) is 0 Å². The summed E-state index contributed by atoms with van der Waals surface area (Å²) in [4.78, 5) is 4.03. The van der Waals surface area contributed by atoms with E-state index in [-0.39, 0.29) is 0 Å². The summed E-state index contributed by atoms with van der Waals surface area (Å²) < 4.78 is 3.39. The molecular weight excluding hydrogens is 517 g/mol. The molecule has 1 aromatic rings. The minimum atomic E-state index is -2.31. The van der Waals surface area contributed by atoms with Crippen molar-refractivity contribution >= 4 is 72.5 Å². The summed E-state index contributed by atoms with van der Waals surface area (Å²) in [6.45, 7) is 2.12. The Labute approximate surface area is 146 Å². The Kier molecular flexibility index (Phi) is 8.33. The second-order valence-electron chi connectivity index (χ2n) is 4.80. The van der Waals surface area contributed by atoms with Crippen LogP contribution < -0.4 is 3.12 Å². The van der Waals surface area contributed by atoms with Crippen molar-refractivity contribution in [2.24, 2.45) is 0 Å². The summed E-state index contributed by atoms with van der Waals surface area (Å²) in [5.74, 6) is 0. The number of nitrogens with zero attached hydrogens (tertiary/aromatic N) is 2. The van der Waals surface area contributed by atoms with E-state index in [1.54, 1.807) is 0 Å². The molecule has 0 aromatic heterocycles. The van der Waals surface area contributed by atoms with Crippen LogP contribution in [0.4, 0.5) is 0 Å². The van der Waals surface area contributed by atoms with E-state index < -0.39 is 19.7 Å². The predicted molar refractivity (Wildman–Crippen MR) is 104 cm³/mol. The summed E-state index contributed by atoms with van der Waals surface area (Å²) in [5.41, 5.74) is 1.29. The van der Waals surface area contributed by atoms with Crippen molar-refractivity contribution < 1.29 is 0 Å². The van der Waals surface area contributed by atoms with Crippen LogP contribution in [0.2, 0.25) is 0 Å². The van der Waals surface area contributed by atoms with Crippen LogP contribution in [0.3, 0.4) is 0 Å². The quantitative estimate of drug-likeness (QED) is 0.431. The van der Waals surface area contributed by atoms with Gasteiger partial charge in [0.25, 0.3) is 0 Å². The summed E-state index contributed by atoms with van der Waals surface area (Å²) in [7, 11) is 11.8. The van der Waals surface area contributed by atoms with Crippen molar-refractivity contribution in [2.45, 2.75) is 6.92 Å². The van der Waals surface area contributed by atoms with Gasteiger partial charge in [-0.15, -0.1) is 0 Å². The first-order chi connectivity index (χ1) is 9.31. The zero-order valence-corrected chi connectivity index (χ0v) is 20.2. The van der Waals surface area contributed by atoms with E-state index in [0.29, 0.717) is 0 Å². The summed E-state index contributed by atoms with van der Waals surface area (Å²) in [6.07, 6.45) is 0. The van der Waals surface area contributed by atoms with E-state index in [1.165, 1.54) is 8.69 Å². The third kappa shape index (κ3) is 6.17. The molecule has 0 atom stereocenters. The van der Waals surface area contributed by atoms with Gasteiger partial charge in [0.05, 0.1) is 0 Å². The fraction of sp³-hybridized carbons (Fsp3) is 0.385. The van der Waals surface area contributed by atoms with Crippen LogP contribution >= 0.6 is 41.1 Å². The van der Waals surface area contributed by atoms with E-state index >= 15 is 0 Å². The Bertz CT molecular complexity index is 452. The van der Waals surface area contributed by atoms with Gasteiger partial charge in [-0.2, -0.15) is 0 Å². The van der Waals surface area contributed by atoms with Crippen LogP contribution in [0.15, 0.2) is 24.3 Å². The number of hydrogen-bond donors (Lipinski definition) is 0. The molecule has 0 heterocycles. The normalized spacial score (nSPS) is 10.1. The summed E-state index contributed by atoms with van der Waals surface area (Å²) >= 11 is 8.64. The van der Waals surface area contributed by atoms with Crippen molar-refractivity contribution in [1.82, 2.24) is 9.80 Å². The monoisotopic (exact) mass is 536 g/mol. The number of thiocarbonyl (C=S) groups is 2. The molecule has 0 bridgehead atoms. The van der Waals surface area contributed by atoms with Crippen molar-refractivity contribution in [3.8, 4) is 0 Å². The van der Waals surface area contributed by atoms with Gasteiger partial charge in [0.15, 0.2) is 0 Å². The third-order valence-electron chi connectivity index (χ3n) is 2.50. The van der Waals surface area contributed by atoms with Gasteiger partial charge in [-0.05, 0) is 0 Å². The van der Waals surface area contributed by atoms with Crippen molar-refractivity contribution in [3.05, 3.63) is 29.8 Å². The van der Waals surface area contributed by atoms with Crippen LogP contribution in [-0.2, 0) is 0 Å². The fourth-order valence-corrected chi connectivity index (χ4v) is 34.4. The number of hydrogen-bond acceptors (Lipinski definition) is 4. The standard InChI is InChI=1S/C7H7.2C3H7NS2.Tl/c1-7-5-3-2-4-6-7;2*1-4(2)3(5)6;/h3-6H,1H3;2*1-2H3,(H,5,6);/q;;;+2/p-2. The molecule has 0 unspecified atom stereocenters. The van der Waals surface area contributed by atoms with Gasteiger partial charge in [0.2, 0.25) is 0 Å². The van der Waals surface area contributed by atoms with Crippen LogP contribution in [0, 0.1) is 6.92 Å². The second kappa shape index (κ2) is 8.92. The van der Waals surface area contributed by atoms with E-state index in [1.807, 2.05) is 54.6 Å². The SMILES string of the molecule is Cc1cc[c]([Tl]([S]C(=S)N(C)C)[S]C(=S)N(C)C)cc1. The number of rotatable bonds is 3. The van der Waals surface area contributed by atoms with Gasteiger partial charge < -0.3 is 0 Å². The summed E-state index contributed by atoms with van der Waals surface area (Å²) in [5, 5.41) is 0. The molecule has 0 saturated heterocycles. The van der Waals surface area contributed by atoms with Gasteiger partial charge in [-0.3, -0.25) is 0 Å². The molecule has 20 heavy (non-hydrogen) atoms. The van der Waals surface area contributed by atoms with Gasteiger partial charge in [0.1, 0.15) is 0 Å². The van der Waals surface area contributed by atoms with E-state index in [9.17, 15) is 0 Å². The fourth-order valence-electron chi connectivity index (χ4n) is 1.28. The van der Waals surface area contributed by atoms with Gasteiger partial charge in [-0.1, -0.05) is 0 Å². The molecule has 0 aliphatic heterocycles. The molecule has 1 rings (SSSR count). The topological polar surface area (TPSA) is 6.48 Å². The van der Waals surface area contributed by atoms with Crippen molar-refractivity contribution in [2.75, 3.05) is 28.2 Å². The molecule has 0 fully saturated rings. The van der Waals surface area contributed by atoms with E-state index in [0.717, 1.165) is 8.64 Å². The van der Waals surface area contributed by atoms with Crippen molar-refractivity contribution in [3.63, 3.8) is 0 Å². The third-order valence-corrected chi connectivity index (χ3v) is 33.0. The van der Waals surface area contributed by atoms with Gasteiger partial charge >= 0.3 is 147 Å². The molecule has 0 aliphatic carbocycles. The van der Waals surface area contributed by atoms with E-state index in [2.05, 4.69) is 31.2 Å². The first kappa shape index (κ1) is 18.7. The molecule has 0 aliphatic rings. The molecule has 2 nitrogen and oxygen atoms in total. The zero-order chi connectivity index (χ0) is 15.3. The Hall–Kier alpha value is 0.622. The average molecular weight is 536 g/mol. The first-order valence-electron chi connectivity index (χ1n) is 6.13. The predicted octanol–water partition coefficient (Wildman–Crippen LogP) is 2.85. The van der Waals surface area contributed by atoms with Gasteiger partial charge in [0, 0.05) is 0 Å². The molecule has 108 valence electrons. The molecule has 0 N–H and O–H groups in total. The Morgan fingerprint density at radius 3 is 1.65 bits per heavy atom. The molecule has 1 aromatic carbocycles. The van der Waals surface area contributed by atoms with Crippen LogP contribution in [0.1, 0.15) is 5.56 Å². The number of benzene rings is 1. The van der Waals surface area contributed by atoms with Crippen LogP contribution in [0.25, 0.3) is 0 Å². The average Bonchev–Trinajstić information content (AvgIpc) is 2.38. The summed E-state index contributed by atoms with van der Waals surface area (Å²) in [6, 6.07) is 8.86. The van der Waals surface area contributed by atoms with Crippen LogP contribution in [-0.4, -0.2) is 66.3 Å². The van der Waals surface area contributed by atoms with E-state index in [4.69, 9.17) is 24.4 Å². The maximum atomic E-state index is 5.47. The Morgan fingerprint density at radius 1 is 0.900 bits per heavy atom. The zero-order valence-electron chi connectivity index (χ0n) is 12.4. The molecule has 0 amide bonds. The second-order valence-corrected chi connectivity index (χ2v) is 28.9. The molecule has 0 spiro atoms. The molecule has 0 radical (unpaired) electrons. The minimum absolute atomic E-state index is 0.964. The number of aryl methyl sites for hydroxylation is 1. The maximum absolute atomic E-state index is 5.47. The van der Waals surface area contributed by atoms with Crippen molar-refractivity contribution in [1.29, 1.82) is 0 Å². The molecule has 7 heteroatoms. The first-order valence-corrected chi connectivity index (χ1v) is 21.9. The molecular formula is C13H19N2S4Tl. The Balaban J connectivity index is 2.91.